The third-order valence-corrected chi connectivity index (χ3v) is 18.2. The van der Waals surface area contributed by atoms with Gasteiger partial charge < -0.3 is 63.1 Å². The van der Waals surface area contributed by atoms with Crippen molar-refractivity contribution in [3.8, 4) is 0 Å². The molecule has 22 heteroatoms. The lowest BCUT2D eigenvalue weighted by Crippen LogP contribution is -2.70. The van der Waals surface area contributed by atoms with Crippen molar-refractivity contribution in [3.63, 3.8) is 0 Å². The number of nitrogens with zero attached hydrogens (tertiary/aromatic N) is 5. The summed E-state index contributed by atoms with van der Waals surface area (Å²) in [4.78, 5) is 37.1. The third-order valence-electron chi connectivity index (χ3n) is 17.4. The second kappa shape index (κ2) is 24.6. The lowest BCUT2D eigenvalue weighted by molar-refractivity contribution is -0.339. The van der Waals surface area contributed by atoms with Gasteiger partial charge in [-0.3, -0.25) is 14.6 Å². The highest BCUT2D eigenvalue weighted by Crippen LogP contribution is 2.46. The van der Waals surface area contributed by atoms with Crippen LogP contribution in [-0.2, 0) is 52.7 Å². The fourth-order valence-corrected chi connectivity index (χ4v) is 13.3. The molecule has 0 spiro atoms. The Bertz CT molecular complexity index is 1990. The molecule has 19 atom stereocenters. The van der Waals surface area contributed by atoms with Crippen molar-refractivity contribution >= 4 is 27.8 Å². The van der Waals surface area contributed by atoms with Gasteiger partial charge in [0, 0.05) is 83.2 Å². The Morgan fingerprint density at radius 3 is 2.18 bits per heavy atom. The smallest absolute Gasteiger partial charge is 0.410 e. The molecule has 5 rings (SSSR count). The molecule has 5 aliphatic rings. The summed E-state index contributed by atoms with van der Waals surface area (Å²) in [5.41, 5.74) is -5.27. The first-order valence-electron chi connectivity index (χ1n) is 26.5. The number of cyclic esters (lactones) is 1. The molecule has 5 heterocycles. The van der Waals surface area contributed by atoms with Crippen LogP contribution in [0.4, 0.5) is 4.79 Å². The Hall–Kier alpha value is -2.32. The predicted molar refractivity (Wildman–Crippen MR) is 274 cm³/mol. The number of ether oxygens (including phenoxy) is 8. The number of aliphatic hydroxyl groups is 2. The Kier molecular flexibility index (Phi) is 20.7. The third kappa shape index (κ3) is 13.3. The monoisotopic (exact) mass is 1060 g/mol. The summed E-state index contributed by atoms with van der Waals surface area (Å²) < 4.78 is 79.6. The van der Waals surface area contributed by atoms with Gasteiger partial charge in [-0.25, -0.2) is 17.9 Å². The summed E-state index contributed by atoms with van der Waals surface area (Å²) in [6.45, 7) is 23.0. The molecule has 0 aromatic rings. The van der Waals surface area contributed by atoms with Gasteiger partial charge in [-0.15, -0.1) is 0 Å². The molecule has 0 unspecified atom stereocenters. The zero-order chi connectivity index (χ0) is 54.8. The summed E-state index contributed by atoms with van der Waals surface area (Å²) in [6, 6.07) is -0.755. The number of methoxy groups -OCH3 is 2. The van der Waals surface area contributed by atoms with Crippen molar-refractivity contribution < 1.29 is 71.3 Å². The lowest BCUT2D eigenvalue weighted by atomic mass is 9.72. The van der Waals surface area contributed by atoms with E-state index in [2.05, 4.69) is 26.6 Å². The van der Waals surface area contributed by atoms with E-state index < -0.39 is 117 Å². The van der Waals surface area contributed by atoms with Crippen molar-refractivity contribution in [2.45, 2.75) is 204 Å². The molecule has 5 fully saturated rings. The van der Waals surface area contributed by atoms with Crippen LogP contribution in [0.2, 0.25) is 0 Å². The number of carbonyl (C=O) groups excluding carboxylic acids is 2. The van der Waals surface area contributed by atoms with Crippen LogP contribution < -0.4 is 4.72 Å². The van der Waals surface area contributed by atoms with Crippen molar-refractivity contribution in [1.82, 2.24) is 24.3 Å². The average Bonchev–Trinajstić information content (AvgIpc) is 3.84. The van der Waals surface area contributed by atoms with Crippen LogP contribution in [0.5, 0.6) is 0 Å². The second-order valence-electron chi connectivity index (χ2n) is 23.0. The van der Waals surface area contributed by atoms with E-state index in [1.54, 1.807) is 41.7 Å². The summed E-state index contributed by atoms with van der Waals surface area (Å²) in [6.07, 6.45) is -4.06. The first-order valence-corrected chi connectivity index (χ1v) is 28.4. The van der Waals surface area contributed by atoms with Crippen LogP contribution in [0.15, 0.2) is 5.16 Å². The molecule has 0 aliphatic carbocycles. The highest BCUT2D eigenvalue weighted by atomic mass is 32.2. The van der Waals surface area contributed by atoms with E-state index >= 15 is 4.79 Å². The molecule has 0 radical (unpaired) electrons. The first kappa shape index (κ1) is 61.5. The predicted octanol–water partition coefficient (Wildman–Crippen LogP) is 3.50. The number of fused-ring (bicyclic) bond motifs is 1. The van der Waals surface area contributed by atoms with E-state index in [0.29, 0.717) is 12.5 Å². The number of aliphatic hydroxyl groups excluding tert-OH is 1. The maximum absolute atomic E-state index is 15.1. The molecule has 4 N–H and O–H groups in total. The van der Waals surface area contributed by atoms with Gasteiger partial charge in [0.25, 0.3) is 0 Å². The van der Waals surface area contributed by atoms with Crippen LogP contribution in [-0.4, -0.2) is 232 Å². The minimum atomic E-state index is -3.64. The molecule has 0 saturated carbocycles. The van der Waals surface area contributed by atoms with Gasteiger partial charge in [-0.2, -0.15) is 0 Å². The number of rotatable bonds is 17. The van der Waals surface area contributed by atoms with E-state index in [0.717, 1.165) is 25.9 Å². The number of likely N-dealkylation sites (N-methyl/N-ethyl adjacent to an activating group) is 2. The van der Waals surface area contributed by atoms with E-state index in [1.165, 1.54) is 24.9 Å². The number of sulfonamides is 1. The zero-order valence-electron chi connectivity index (χ0n) is 47.0. The standard InChI is InChI=1S/C51H94N6O15S/c1-18-38-50(11)43(57(47(60)72-50)23-21-52-73(17,63)64)33(5)40(53-62)30(2)27-48(9,65-15)44(71-46-41(58)37(54(12)13)26-32(4)67-46)34(6)42(35(7)45(59)69-38)70-39-28-49(10,66-16)51(61,36(8)68-39)29-55(14)24-25-56-22-19-20-31(56)3/h30-39,41-44,46,52,58,61-62H,18-29H2,1-17H3/t30-,31-,32-,33+,34+,35-,36+,37+,38-,39+,41-,42+,43-,44-,46+,48+,49-,50-,51-/m1/s1. The van der Waals surface area contributed by atoms with Crippen LogP contribution in [0.25, 0.3) is 0 Å². The molecule has 73 heavy (non-hydrogen) atoms. The van der Waals surface area contributed by atoms with Crippen LogP contribution in [0, 0.1) is 23.7 Å². The molecule has 424 valence electrons. The Morgan fingerprint density at radius 1 is 0.945 bits per heavy atom. The summed E-state index contributed by atoms with van der Waals surface area (Å²) in [5.74, 6) is -3.89. The summed E-state index contributed by atoms with van der Waals surface area (Å²) in [7, 11) is 5.22. The minimum Gasteiger partial charge on any atom is -0.458 e. The highest BCUT2D eigenvalue weighted by Gasteiger charge is 2.62. The summed E-state index contributed by atoms with van der Waals surface area (Å²) in [5, 5.41) is 39.5. The molecule has 5 aliphatic heterocycles. The van der Waals surface area contributed by atoms with Gasteiger partial charge in [0.1, 0.15) is 23.4 Å². The van der Waals surface area contributed by atoms with Gasteiger partial charge in [-0.05, 0) is 108 Å². The molecule has 0 aromatic carbocycles. The molecule has 21 nitrogen and oxygen atoms in total. The van der Waals surface area contributed by atoms with E-state index in [1.807, 2.05) is 60.7 Å². The van der Waals surface area contributed by atoms with E-state index in [9.17, 15) is 28.6 Å². The quantitative estimate of drug-likeness (QED) is 0.0926. The van der Waals surface area contributed by atoms with Crippen molar-refractivity contribution in [2.75, 3.05) is 80.9 Å². The Morgan fingerprint density at radius 2 is 1.62 bits per heavy atom. The molecular formula is C51H94N6O15S. The Balaban J connectivity index is 1.61. The fraction of sp³-hybridized carbons (Fsp3) is 0.941. The van der Waals surface area contributed by atoms with Crippen molar-refractivity contribution in [2.24, 2.45) is 28.8 Å². The average molecular weight is 1060 g/mol. The SMILES string of the molecule is CC[C@H]1OC(=O)[C@H](C)[C@@H](O[C@H]2C[C@@](C)(OC)[C@@](O)(CN(C)CCN3CCC[C@H]3C)[C@H](C)O2)[C@H](C)[C@@H](O[C@@H]2O[C@H](C)C[C@H](N(C)C)[C@H]2O)[C@@](C)(OC)C[C@@H](C)C(=NO)[C@H](C)[C@H]2N(CCNS(C)(=O)=O)C(=O)O[C@]12C. The maximum atomic E-state index is 15.1. The number of hydrogen-bond acceptors (Lipinski definition) is 19. The number of hydrogen-bond donors (Lipinski definition) is 4. The first-order chi connectivity index (χ1) is 33.9. The number of oxime groups is 1. The van der Waals surface area contributed by atoms with Gasteiger partial charge in [0.05, 0.1) is 53.9 Å². The number of amides is 1. The van der Waals surface area contributed by atoms with Crippen molar-refractivity contribution in [1.29, 1.82) is 0 Å². The fourth-order valence-electron chi connectivity index (χ4n) is 12.9. The minimum absolute atomic E-state index is 0.0639. The zero-order valence-corrected chi connectivity index (χ0v) is 47.8. The van der Waals surface area contributed by atoms with Gasteiger partial charge in [0.15, 0.2) is 18.2 Å². The molecule has 1 amide bonds. The molecular weight excluding hydrogens is 969 g/mol. The number of likely N-dealkylation sites (tertiary alicyclic amines) is 1. The topological polar surface area (TPSA) is 240 Å². The Labute approximate surface area is 436 Å². The maximum Gasteiger partial charge on any atom is 0.410 e. The lowest BCUT2D eigenvalue weighted by Gasteiger charge is -2.54. The highest BCUT2D eigenvalue weighted by molar-refractivity contribution is 7.88. The van der Waals surface area contributed by atoms with Gasteiger partial charge in [-0.1, -0.05) is 32.9 Å². The summed E-state index contributed by atoms with van der Waals surface area (Å²) >= 11 is 0. The number of esters is 1. The van der Waals surface area contributed by atoms with E-state index in [-0.39, 0.29) is 56.8 Å². The molecule has 0 aromatic heterocycles. The van der Waals surface area contributed by atoms with Crippen molar-refractivity contribution in [3.05, 3.63) is 0 Å². The molecule has 0 bridgehead atoms. The van der Waals surface area contributed by atoms with Crippen LogP contribution in [0.1, 0.15) is 115 Å². The van der Waals surface area contributed by atoms with Gasteiger partial charge >= 0.3 is 12.1 Å². The normalized spacial score (nSPS) is 43.3. The number of nitrogens with one attached hydrogen (secondary N) is 1. The molecule has 5 saturated heterocycles. The van der Waals surface area contributed by atoms with Crippen LogP contribution >= 0.6 is 0 Å². The van der Waals surface area contributed by atoms with Crippen LogP contribution in [0.3, 0.4) is 0 Å². The van der Waals surface area contributed by atoms with Gasteiger partial charge in [0.2, 0.25) is 10.0 Å². The second-order valence-corrected chi connectivity index (χ2v) is 24.9. The largest absolute Gasteiger partial charge is 0.458 e. The number of carbonyl (C=O) groups is 2. The van der Waals surface area contributed by atoms with E-state index in [4.69, 9.17) is 37.9 Å².